The molecule has 0 radical (unpaired) electrons. The van der Waals surface area contributed by atoms with Crippen LogP contribution in [0.2, 0.25) is 0 Å². The summed E-state index contributed by atoms with van der Waals surface area (Å²) < 4.78 is 12.9. The van der Waals surface area contributed by atoms with Crippen LogP contribution in [0.4, 0.5) is 4.39 Å². The Kier molecular flexibility index (Phi) is 5.64. The zero-order chi connectivity index (χ0) is 14.4. The smallest absolute Gasteiger partial charge is 0.123 e. The largest absolute Gasteiger partial charge is 0.311 e. The summed E-state index contributed by atoms with van der Waals surface area (Å²) in [5, 5.41) is 6.38. The lowest BCUT2D eigenvalue weighted by Crippen LogP contribution is -2.21. The Morgan fingerprint density at radius 3 is 2.70 bits per heavy atom. The van der Waals surface area contributed by atoms with E-state index in [4.69, 9.17) is 0 Å². The summed E-state index contributed by atoms with van der Waals surface area (Å²) in [4.78, 5) is 6.74. The van der Waals surface area contributed by atoms with Crippen molar-refractivity contribution in [1.82, 2.24) is 15.2 Å². The number of rotatable bonds is 7. The quantitative estimate of drug-likeness (QED) is 0.796. The molecule has 0 aliphatic carbocycles. The van der Waals surface area contributed by atoms with E-state index in [0.29, 0.717) is 0 Å². The molecule has 0 fully saturated rings. The molecule has 0 amide bonds. The lowest BCUT2D eigenvalue weighted by atomic mass is 10.2. The minimum Gasteiger partial charge on any atom is -0.311 e. The maximum absolute atomic E-state index is 12.9. The van der Waals surface area contributed by atoms with E-state index >= 15 is 0 Å². The summed E-state index contributed by atoms with van der Waals surface area (Å²) in [6.07, 6.45) is 1.13. The van der Waals surface area contributed by atoms with Gasteiger partial charge in [-0.2, -0.15) is 0 Å². The molecule has 0 spiro atoms. The molecule has 108 valence electrons. The molecular formula is C15H20FN3S. The summed E-state index contributed by atoms with van der Waals surface area (Å²) in [5.74, 6) is -0.215. The number of benzene rings is 1. The first-order valence-electron chi connectivity index (χ1n) is 6.71. The number of thiazole rings is 1. The molecule has 0 bridgehead atoms. The van der Waals surface area contributed by atoms with E-state index in [1.54, 1.807) is 23.5 Å². The second kappa shape index (κ2) is 7.47. The van der Waals surface area contributed by atoms with Crippen LogP contribution < -0.4 is 5.32 Å². The van der Waals surface area contributed by atoms with Gasteiger partial charge in [0.05, 0.1) is 5.69 Å². The summed E-state index contributed by atoms with van der Waals surface area (Å²) in [5.41, 5.74) is 2.01. The average molecular weight is 293 g/mol. The maximum atomic E-state index is 12.9. The molecule has 1 aromatic heterocycles. The van der Waals surface area contributed by atoms with Crippen molar-refractivity contribution in [2.45, 2.75) is 13.0 Å². The van der Waals surface area contributed by atoms with Gasteiger partial charge in [-0.15, -0.1) is 11.3 Å². The molecule has 0 saturated heterocycles. The number of nitrogens with zero attached hydrogens (tertiary/aromatic N) is 2. The lowest BCUT2D eigenvalue weighted by Gasteiger charge is -2.08. The van der Waals surface area contributed by atoms with E-state index in [9.17, 15) is 4.39 Å². The van der Waals surface area contributed by atoms with Crippen molar-refractivity contribution in [3.8, 4) is 10.6 Å². The number of halogens is 1. The zero-order valence-corrected chi connectivity index (χ0v) is 12.7. The Morgan fingerprint density at radius 1 is 1.25 bits per heavy atom. The first-order chi connectivity index (χ1) is 9.65. The minimum absolute atomic E-state index is 0.215. The summed E-state index contributed by atoms with van der Waals surface area (Å²) in [6, 6.07) is 6.47. The monoisotopic (exact) mass is 293 g/mol. The summed E-state index contributed by atoms with van der Waals surface area (Å²) >= 11 is 1.60. The van der Waals surface area contributed by atoms with Crippen molar-refractivity contribution in [2.75, 3.05) is 27.2 Å². The Balaban J connectivity index is 1.82. The van der Waals surface area contributed by atoms with Gasteiger partial charge in [-0.3, -0.25) is 0 Å². The second-order valence-corrected chi connectivity index (χ2v) is 5.84. The highest BCUT2D eigenvalue weighted by Gasteiger charge is 2.04. The fourth-order valence-electron chi connectivity index (χ4n) is 1.85. The molecule has 5 heteroatoms. The van der Waals surface area contributed by atoms with Crippen LogP contribution >= 0.6 is 11.3 Å². The van der Waals surface area contributed by atoms with Gasteiger partial charge in [0.25, 0.3) is 0 Å². The number of nitrogens with one attached hydrogen (secondary N) is 1. The lowest BCUT2D eigenvalue weighted by molar-refractivity contribution is 0.394. The third kappa shape index (κ3) is 4.67. The number of aromatic nitrogens is 1. The van der Waals surface area contributed by atoms with Crippen LogP contribution in [-0.4, -0.2) is 37.1 Å². The van der Waals surface area contributed by atoms with Crippen molar-refractivity contribution >= 4 is 11.3 Å². The molecule has 3 nitrogen and oxygen atoms in total. The Bertz CT molecular complexity index is 522. The van der Waals surface area contributed by atoms with Crippen LogP contribution in [0.5, 0.6) is 0 Å². The molecule has 1 aromatic carbocycles. The van der Waals surface area contributed by atoms with Crippen molar-refractivity contribution < 1.29 is 4.39 Å². The average Bonchev–Trinajstić information content (AvgIpc) is 2.87. The molecule has 0 saturated carbocycles. The highest BCUT2D eigenvalue weighted by molar-refractivity contribution is 7.13. The Labute approximate surface area is 123 Å². The summed E-state index contributed by atoms with van der Waals surface area (Å²) in [6.45, 7) is 2.86. The van der Waals surface area contributed by atoms with E-state index in [1.807, 2.05) is 0 Å². The van der Waals surface area contributed by atoms with E-state index in [1.165, 1.54) is 12.1 Å². The standard InChI is InChI=1S/C15H20FN3S/c1-19(2)9-3-8-17-10-14-11-20-15(18-14)12-4-6-13(16)7-5-12/h4-7,11,17H,3,8-10H2,1-2H3. The van der Waals surface area contributed by atoms with E-state index in [0.717, 1.165) is 42.3 Å². The SMILES string of the molecule is CN(C)CCCNCc1csc(-c2ccc(F)cc2)n1. The van der Waals surface area contributed by atoms with E-state index < -0.39 is 0 Å². The van der Waals surface area contributed by atoms with Gasteiger partial charge in [0, 0.05) is 17.5 Å². The van der Waals surface area contributed by atoms with Gasteiger partial charge in [-0.25, -0.2) is 9.37 Å². The van der Waals surface area contributed by atoms with Crippen LogP contribution in [-0.2, 0) is 6.54 Å². The van der Waals surface area contributed by atoms with Crippen molar-refractivity contribution in [3.63, 3.8) is 0 Å². The molecule has 2 rings (SSSR count). The highest BCUT2D eigenvalue weighted by atomic mass is 32.1. The normalized spacial score (nSPS) is 11.2. The second-order valence-electron chi connectivity index (χ2n) is 4.98. The van der Waals surface area contributed by atoms with Crippen LogP contribution in [0.3, 0.4) is 0 Å². The fraction of sp³-hybridized carbons (Fsp3) is 0.400. The van der Waals surface area contributed by atoms with Crippen molar-refractivity contribution in [3.05, 3.63) is 41.2 Å². The first-order valence-corrected chi connectivity index (χ1v) is 7.59. The van der Waals surface area contributed by atoms with Gasteiger partial charge in [0.15, 0.2) is 0 Å². The molecule has 2 aromatic rings. The Hall–Kier alpha value is -1.30. The topological polar surface area (TPSA) is 28.2 Å². The maximum Gasteiger partial charge on any atom is 0.123 e. The number of hydrogen-bond acceptors (Lipinski definition) is 4. The Morgan fingerprint density at radius 2 is 2.00 bits per heavy atom. The predicted molar refractivity (Wildman–Crippen MR) is 82.4 cm³/mol. The van der Waals surface area contributed by atoms with Gasteiger partial charge < -0.3 is 10.2 Å². The fourth-order valence-corrected chi connectivity index (χ4v) is 2.68. The van der Waals surface area contributed by atoms with Crippen molar-refractivity contribution in [1.29, 1.82) is 0 Å². The van der Waals surface area contributed by atoms with Gasteiger partial charge in [-0.1, -0.05) is 0 Å². The molecule has 0 atom stereocenters. The molecule has 0 aliphatic heterocycles. The molecule has 1 N–H and O–H groups in total. The van der Waals surface area contributed by atoms with Crippen LogP contribution in [0.1, 0.15) is 12.1 Å². The molecule has 0 unspecified atom stereocenters. The highest BCUT2D eigenvalue weighted by Crippen LogP contribution is 2.23. The zero-order valence-electron chi connectivity index (χ0n) is 11.9. The van der Waals surface area contributed by atoms with Crippen molar-refractivity contribution in [2.24, 2.45) is 0 Å². The van der Waals surface area contributed by atoms with Crippen LogP contribution in [0, 0.1) is 5.82 Å². The summed E-state index contributed by atoms with van der Waals surface area (Å²) in [7, 11) is 4.16. The third-order valence-corrected chi connectivity index (χ3v) is 3.85. The molecular weight excluding hydrogens is 273 g/mol. The third-order valence-electron chi connectivity index (χ3n) is 2.91. The van der Waals surface area contributed by atoms with E-state index in [-0.39, 0.29) is 5.82 Å². The first kappa shape index (κ1) is 15.1. The minimum atomic E-state index is -0.215. The van der Waals surface area contributed by atoms with Gasteiger partial charge in [0.2, 0.25) is 0 Å². The van der Waals surface area contributed by atoms with Crippen LogP contribution in [0.15, 0.2) is 29.6 Å². The number of hydrogen-bond donors (Lipinski definition) is 1. The molecule has 0 aliphatic rings. The predicted octanol–water partition coefficient (Wildman–Crippen LogP) is 2.99. The van der Waals surface area contributed by atoms with E-state index in [2.05, 4.69) is 34.7 Å². The molecule has 20 heavy (non-hydrogen) atoms. The van der Waals surface area contributed by atoms with Crippen LogP contribution in [0.25, 0.3) is 10.6 Å². The molecule has 1 heterocycles. The van der Waals surface area contributed by atoms with Gasteiger partial charge in [-0.05, 0) is 57.9 Å². The van der Waals surface area contributed by atoms with Gasteiger partial charge >= 0.3 is 0 Å². The van der Waals surface area contributed by atoms with Gasteiger partial charge in [0.1, 0.15) is 10.8 Å².